The highest BCUT2D eigenvalue weighted by molar-refractivity contribution is 5.93. The number of carbonyl (C=O) groups is 1. The van der Waals surface area contributed by atoms with Gasteiger partial charge in [0, 0.05) is 17.7 Å². The van der Waals surface area contributed by atoms with E-state index < -0.39 is 17.2 Å². The van der Waals surface area contributed by atoms with E-state index in [9.17, 15) is 19.1 Å². The minimum absolute atomic E-state index is 0.0179. The molecule has 2 saturated carbocycles. The molecule has 2 fully saturated rings. The molecule has 144 valence electrons. The lowest BCUT2D eigenvalue weighted by Gasteiger charge is -2.22. The SMILES string of the molecule is CCNCC1CCC(c2c(C(=O)O)c(=O)c3cc(F)cnc3n2C2CC2)C1. The monoisotopic (exact) mass is 373 g/mol. The Kier molecular flexibility index (Phi) is 4.72. The molecule has 2 aliphatic rings. The zero-order valence-corrected chi connectivity index (χ0v) is 15.4. The molecule has 2 aromatic rings. The first-order valence-corrected chi connectivity index (χ1v) is 9.68. The highest BCUT2D eigenvalue weighted by Gasteiger charge is 2.37. The molecule has 0 saturated heterocycles. The lowest BCUT2D eigenvalue weighted by Crippen LogP contribution is -2.26. The predicted octanol–water partition coefficient (Wildman–Crippen LogP) is 3.06. The van der Waals surface area contributed by atoms with E-state index in [1.165, 1.54) is 0 Å². The number of pyridine rings is 2. The standard InChI is InChI=1S/C20H24FN3O3/c1-2-22-9-11-3-4-12(7-11)17-16(20(26)27)18(25)15-8-13(21)10-23-19(15)24(17)14-5-6-14/h8,10-12,14,22H,2-7,9H2,1H3,(H,26,27). The second-order valence-electron chi connectivity index (χ2n) is 7.70. The lowest BCUT2D eigenvalue weighted by atomic mass is 9.94. The van der Waals surface area contributed by atoms with E-state index in [1.54, 1.807) is 0 Å². The maximum atomic E-state index is 13.7. The van der Waals surface area contributed by atoms with Crippen LogP contribution < -0.4 is 10.7 Å². The van der Waals surface area contributed by atoms with Crippen LogP contribution in [0.2, 0.25) is 0 Å². The van der Waals surface area contributed by atoms with E-state index in [4.69, 9.17) is 0 Å². The molecule has 27 heavy (non-hydrogen) atoms. The van der Waals surface area contributed by atoms with Crippen LogP contribution in [0.5, 0.6) is 0 Å². The van der Waals surface area contributed by atoms with Crippen LogP contribution in [0.3, 0.4) is 0 Å². The van der Waals surface area contributed by atoms with Crippen molar-refractivity contribution in [2.75, 3.05) is 13.1 Å². The Bertz CT molecular complexity index is 952. The zero-order chi connectivity index (χ0) is 19.1. The summed E-state index contributed by atoms with van der Waals surface area (Å²) in [6, 6.07) is 1.26. The Balaban J connectivity index is 1.90. The zero-order valence-electron chi connectivity index (χ0n) is 15.4. The summed E-state index contributed by atoms with van der Waals surface area (Å²) in [5.74, 6) is -1.37. The number of nitrogens with zero attached hydrogens (tertiary/aromatic N) is 2. The molecule has 0 radical (unpaired) electrons. The van der Waals surface area contributed by atoms with Gasteiger partial charge in [0.05, 0.1) is 11.6 Å². The first-order valence-electron chi connectivity index (χ1n) is 9.68. The number of nitrogens with one attached hydrogen (secondary N) is 1. The van der Waals surface area contributed by atoms with Crippen LogP contribution in [0.1, 0.15) is 67.0 Å². The van der Waals surface area contributed by atoms with Gasteiger partial charge in [-0.05, 0) is 57.2 Å². The first-order chi connectivity index (χ1) is 13.0. The van der Waals surface area contributed by atoms with Gasteiger partial charge in [-0.15, -0.1) is 0 Å². The summed E-state index contributed by atoms with van der Waals surface area (Å²) in [6.45, 7) is 3.87. The molecule has 0 spiro atoms. The molecule has 7 heteroatoms. The summed E-state index contributed by atoms with van der Waals surface area (Å²) in [4.78, 5) is 29.2. The van der Waals surface area contributed by atoms with Crippen molar-refractivity contribution in [3.8, 4) is 0 Å². The minimum Gasteiger partial charge on any atom is -0.477 e. The molecule has 2 aliphatic carbocycles. The molecule has 0 amide bonds. The number of aromatic nitrogens is 2. The van der Waals surface area contributed by atoms with Crippen LogP contribution in [0, 0.1) is 11.7 Å². The summed E-state index contributed by atoms with van der Waals surface area (Å²) >= 11 is 0. The van der Waals surface area contributed by atoms with Crippen molar-refractivity contribution < 1.29 is 14.3 Å². The van der Waals surface area contributed by atoms with E-state index in [2.05, 4.69) is 17.2 Å². The number of carboxylic acids is 1. The molecule has 0 aliphatic heterocycles. The molecule has 0 aromatic carbocycles. The van der Waals surface area contributed by atoms with Crippen molar-refractivity contribution >= 4 is 17.0 Å². The van der Waals surface area contributed by atoms with Gasteiger partial charge in [-0.3, -0.25) is 4.79 Å². The summed E-state index contributed by atoms with van der Waals surface area (Å²) in [7, 11) is 0. The van der Waals surface area contributed by atoms with E-state index >= 15 is 0 Å². The van der Waals surface area contributed by atoms with E-state index in [0.717, 1.165) is 57.5 Å². The Hall–Kier alpha value is -2.28. The third kappa shape index (κ3) is 3.25. The average Bonchev–Trinajstić information content (AvgIpc) is 3.37. The number of halogens is 1. The number of hydrogen-bond acceptors (Lipinski definition) is 4. The molecular weight excluding hydrogens is 349 g/mol. The molecule has 0 bridgehead atoms. The number of fused-ring (bicyclic) bond motifs is 1. The predicted molar refractivity (Wildman–Crippen MR) is 99.8 cm³/mol. The van der Waals surface area contributed by atoms with Gasteiger partial charge < -0.3 is 15.0 Å². The maximum absolute atomic E-state index is 13.7. The Morgan fingerprint density at radius 1 is 1.37 bits per heavy atom. The Morgan fingerprint density at radius 2 is 2.15 bits per heavy atom. The topological polar surface area (TPSA) is 84.2 Å². The van der Waals surface area contributed by atoms with E-state index in [0.29, 0.717) is 17.3 Å². The van der Waals surface area contributed by atoms with Crippen LogP contribution >= 0.6 is 0 Å². The first kappa shape index (κ1) is 18.1. The minimum atomic E-state index is -1.23. The summed E-state index contributed by atoms with van der Waals surface area (Å²) < 4.78 is 15.6. The molecule has 2 N–H and O–H groups in total. The fraction of sp³-hybridized carbons (Fsp3) is 0.550. The van der Waals surface area contributed by atoms with Gasteiger partial charge in [-0.25, -0.2) is 14.2 Å². The average molecular weight is 373 g/mol. The van der Waals surface area contributed by atoms with Gasteiger partial charge in [0.1, 0.15) is 17.0 Å². The second-order valence-corrected chi connectivity index (χ2v) is 7.70. The third-order valence-electron chi connectivity index (χ3n) is 5.79. The lowest BCUT2D eigenvalue weighted by molar-refractivity contribution is 0.0692. The van der Waals surface area contributed by atoms with Crippen LogP contribution in [0.25, 0.3) is 11.0 Å². The van der Waals surface area contributed by atoms with Crippen molar-refractivity contribution in [2.45, 2.75) is 51.0 Å². The highest BCUT2D eigenvalue weighted by atomic mass is 19.1. The fourth-order valence-corrected chi connectivity index (χ4v) is 4.44. The Morgan fingerprint density at radius 3 is 2.81 bits per heavy atom. The van der Waals surface area contributed by atoms with Gasteiger partial charge in [-0.2, -0.15) is 0 Å². The molecule has 2 atom stereocenters. The Labute approximate surface area is 156 Å². The summed E-state index contributed by atoms with van der Waals surface area (Å²) in [5.41, 5.74) is 0.196. The van der Waals surface area contributed by atoms with Crippen LogP contribution in [0.15, 0.2) is 17.1 Å². The van der Waals surface area contributed by atoms with Crippen LogP contribution in [-0.2, 0) is 0 Å². The second kappa shape index (κ2) is 7.03. The number of carboxylic acid groups (broad SMARTS) is 1. The highest BCUT2D eigenvalue weighted by Crippen LogP contribution is 2.45. The molecular formula is C20H24FN3O3. The van der Waals surface area contributed by atoms with Gasteiger partial charge in [0.25, 0.3) is 0 Å². The van der Waals surface area contributed by atoms with Crippen LogP contribution in [-0.4, -0.2) is 33.7 Å². The summed E-state index contributed by atoms with van der Waals surface area (Å²) in [6.07, 6.45) is 5.67. The van der Waals surface area contributed by atoms with Crippen LogP contribution in [0.4, 0.5) is 4.39 Å². The molecule has 2 aromatic heterocycles. The number of rotatable bonds is 6. The van der Waals surface area contributed by atoms with Crippen molar-refractivity contribution in [3.63, 3.8) is 0 Å². The maximum Gasteiger partial charge on any atom is 0.341 e. The molecule has 2 unspecified atom stereocenters. The van der Waals surface area contributed by atoms with Crippen molar-refractivity contribution in [2.24, 2.45) is 5.92 Å². The molecule has 4 rings (SSSR count). The van der Waals surface area contributed by atoms with Crippen molar-refractivity contribution in [1.82, 2.24) is 14.9 Å². The van der Waals surface area contributed by atoms with Gasteiger partial charge in [0.15, 0.2) is 0 Å². The van der Waals surface area contributed by atoms with Crippen molar-refractivity contribution in [3.05, 3.63) is 39.6 Å². The largest absolute Gasteiger partial charge is 0.477 e. The van der Waals surface area contributed by atoms with Gasteiger partial charge in [0.2, 0.25) is 5.43 Å². The van der Waals surface area contributed by atoms with Crippen molar-refractivity contribution in [1.29, 1.82) is 0 Å². The number of aromatic carboxylic acids is 1. The fourth-order valence-electron chi connectivity index (χ4n) is 4.44. The van der Waals surface area contributed by atoms with Gasteiger partial charge in [-0.1, -0.05) is 6.92 Å². The smallest absolute Gasteiger partial charge is 0.341 e. The summed E-state index contributed by atoms with van der Waals surface area (Å²) in [5, 5.41) is 13.2. The third-order valence-corrected chi connectivity index (χ3v) is 5.79. The quantitative estimate of drug-likeness (QED) is 0.813. The normalized spacial score (nSPS) is 22.4. The molecule has 6 nitrogen and oxygen atoms in total. The number of hydrogen-bond donors (Lipinski definition) is 2. The van der Waals surface area contributed by atoms with Gasteiger partial charge >= 0.3 is 5.97 Å². The molecule has 2 heterocycles. The van der Waals surface area contributed by atoms with E-state index in [-0.39, 0.29) is 22.9 Å². The van der Waals surface area contributed by atoms with E-state index in [1.807, 2.05) is 4.57 Å².